The molecule has 2 amide bonds. The highest BCUT2D eigenvalue weighted by Crippen LogP contribution is 2.61. The largest absolute Gasteiger partial charge is 0.481 e. The Morgan fingerprint density at radius 3 is 2.12 bits per heavy atom. The molecule has 0 aliphatic carbocycles. The summed E-state index contributed by atoms with van der Waals surface area (Å²) in [5.74, 6) is -1.09. The number of phosphoric acid groups is 3. The van der Waals surface area contributed by atoms with Crippen molar-refractivity contribution >= 4 is 69.1 Å². The van der Waals surface area contributed by atoms with Gasteiger partial charge in [-0.25, -0.2) is 28.6 Å². The number of nitrogens with zero attached hydrogens (tertiary/aromatic N) is 4. The number of rotatable bonds is 32. The lowest BCUT2D eigenvalue weighted by molar-refractivity contribution is -0.137. The molecule has 0 aromatic carbocycles. The summed E-state index contributed by atoms with van der Waals surface area (Å²) in [4.78, 5) is 88.3. The molecule has 0 spiro atoms. The van der Waals surface area contributed by atoms with Crippen LogP contribution in [0.2, 0.25) is 0 Å². The number of nitrogens with one attached hydrogen (secondary N) is 2. The lowest BCUT2D eigenvalue weighted by Gasteiger charge is -2.30. The van der Waals surface area contributed by atoms with E-state index in [0.29, 0.717) is 18.6 Å². The second-order valence-corrected chi connectivity index (χ2v) is 21.3. The molecular weight excluding hydrogens is 987 g/mol. The number of thioether (sulfide) groups is 1. The number of anilines is 1. The third-order valence-electron chi connectivity index (χ3n) is 9.67. The Bertz CT molecular complexity index is 2270. The Morgan fingerprint density at radius 2 is 1.49 bits per heavy atom. The Morgan fingerprint density at radius 1 is 0.884 bits per heavy atom. The van der Waals surface area contributed by atoms with Crippen molar-refractivity contribution in [3.8, 4) is 0 Å². The van der Waals surface area contributed by atoms with E-state index in [-0.39, 0.29) is 41.6 Å². The van der Waals surface area contributed by atoms with Gasteiger partial charge in [0.25, 0.3) is 0 Å². The molecule has 10 N–H and O–H groups in total. The van der Waals surface area contributed by atoms with Crippen molar-refractivity contribution in [2.24, 2.45) is 5.41 Å². The number of nitrogen functional groups attached to an aromatic ring is 1. The lowest BCUT2D eigenvalue weighted by atomic mass is 9.87. The summed E-state index contributed by atoms with van der Waals surface area (Å²) < 4.78 is 62.4. The zero-order valence-corrected chi connectivity index (χ0v) is 42.0. The van der Waals surface area contributed by atoms with Crippen molar-refractivity contribution < 1.29 is 80.5 Å². The summed E-state index contributed by atoms with van der Waals surface area (Å²) in [5, 5.41) is 26.6. The summed E-state index contributed by atoms with van der Waals surface area (Å²) in [5.41, 5.74) is 4.27. The fourth-order valence-corrected chi connectivity index (χ4v) is 9.65. The summed E-state index contributed by atoms with van der Waals surface area (Å²) in [7, 11) is -16.4. The Hall–Kier alpha value is -3.74. The van der Waals surface area contributed by atoms with Gasteiger partial charge in [0.05, 0.1) is 19.5 Å². The van der Waals surface area contributed by atoms with Gasteiger partial charge < -0.3 is 50.9 Å². The minimum atomic E-state index is -5.58. The van der Waals surface area contributed by atoms with Crippen molar-refractivity contribution in [3.05, 3.63) is 73.4 Å². The van der Waals surface area contributed by atoms with Crippen LogP contribution in [0.5, 0.6) is 0 Å². The standard InChI is InChI=1S/C41H64N7O17P3S/c1-4-5-6-7-8-9-10-11-12-13-14-15-16-17-18-19-20-21-32(50)69-25-24-43-31(49)22-23-44-39(53)36(52)41(2,3)27-62-68(59,60)65-67(57,58)61-26-30-35(64-66(54,55)56)34(51)40(63-30)48-29-47-33-37(42)45-28-46-38(33)48/h5-6,8-9,11-12,14-15,17-18,28-30,34-36,40,51-52H,4,7,10,13,16,19-27H2,1-3H3,(H,43,49)(H,44,53)(H,57,58)(H,59,60)(H2,42,45,46)(H2,54,55,56)/b6-5-,9-8-,12-11-,15-14-,18-17-/t30-,34-,35-,36+,40-/m1/s1. The number of carbonyl (C=O) groups excluding carboxylic acids is 3. The molecule has 1 saturated heterocycles. The number of hydrogen-bond acceptors (Lipinski definition) is 18. The number of aliphatic hydroxyl groups excluding tert-OH is 2. The van der Waals surface area contributed by atoms with Crippen LogP contribution in [0, 0.1) is 5.41 Å². The zero-order chi connectivity index (χ0) is 51.1. The van der Waals surface area contributed by atoms with E-state index in [2.05, 4.69) is 102 Å². The highest BCUT2D eigenvalue weighted by Gasteiger charge is 2.50. The normalized spacial score (nSPS) is 20.4. The van der Waals surface area contributed by atoms with Gasteiger partial charge >= 0.3 is 23.5 Å². The number of hydrogen-bond donors (Lipinski definition) is 9. The Balaban J connectivity index is 1.31. The maximum atomic E-state index is 12.7. The maximum absolute atomic E-state index is 12.7. The summed E-state index contributed by atoms with van der Waals surface area (Å²) >= 11 is 1.11. The Kier molecular flexibility index (Phi) is 25.5. The van der Waals surface area contributed by atoms with Crippen molar-refractivity contribution in [3.63, 3.8) is 0 Å². The first-order chi connectivity index (χ1) is 32.6. The third kappa shape index (κ3) is 22.5. The molecule has 1 fully saturated rings. The van der Waals surface area contributed by atoms with Gasteiger partial charge in [0.15, 0.2) is 22.8 Å². The predicted octanol–water partition coefficient (Wildman–Crippen LogP) is 4.59. The van der Waals surface area contributed by atoms with E-state index in [0.717, 1.165) is 67.5 Å². The summed E-state index contributed by atoms with van der Waals surface area (Å²) in [6.07, 6.45) is 20.9. The molecule has 2 unspecified atom stereocenters. The number of aromatic nitrogens is 4. The van der Waals surface area contributed by atoms with Crippen LogP contribution < -0.4 is 16.4 Å². The SMILES string of the molecule is CC/C=C\C/C=C\C/C=C\C/C=C\C/C=C\CCCC(=O)SCCNC(=O)CCNC(=O)[C@H](O)C(C)(C)COP(=O)(O)OP(=O)(O)OC[C@H]1O[C@@H](n2cnc3c(N)ncnc32)[C@H](O)[C@@H]1OP(=O)(O)O. The van der Waals surface area contributed by atoms with Gasteiger partial charge in [-0.3, -0.25) is 32.5 Å². The molecule has 2 aromatic heterocycles. The molecule has 28 heteroatoms. The van der Waals surface area contributed by atoms with Crippen molar-refractivity contribution in [2.45, 2.75) is 109 Å². The number of allylic oxidation sites excluding steroid dienone is 10. The first-order valence-corrected chi connectivity index (χ1v) is 27.4. The van der Waals surface area contributed by atoms with E-state index in [1.165, 1.54) is 13.8 Å². The smallest absolute Gasteiger partial charge is 0.386 e. The zero-order valence-electron chi connectivity index (χ0n) is 38.5. The molecule has 1 aliphatic heterocycles. The first kappa shape index (κ1) is 59.6. The van der Waals surface area contributed by atoms with E-state index < -0.39 is 84.6 Å². The van der Waals surface area contributed by atoms with Gasteiger partial charge in [0.1, 0.15) is 36.3 Å². The molecule has 3 rings (SSSR count). The van der Waals surface area contributed by atoms with Gasteiger partial charge in [-0.2, -0.15) is 4.31 Å². The van der Waals surface area contributed by atoms with E-state index in [4.69, 9.17) is 19.5 Å². The summed E-state index contributed by atoms with van der Waals surface area (Å²) in [6.45, 7) is 2.62. The number of aliphatic hydroxyl groups is 2. The van der Waals surface area contributed by atoms with Crippen molar-refractivity contribution in [1.29, 1.82) is 0 Å². The van der Waals surface area contributed by atoms with Crippen LogP contribution in [0.1, 0.15) is 84.8 Å². The van der Waals surface area contributed by atoms with Gasteiger partial charge in [-0.15, -0.1) is 0 Å². The van der Waals surface area contributed by atoms with Crippen LogP contribution in [0.3, 0.4) is 0 Å². The van der Waals surface area contributed by atoms with Crippen LogP contribution in [0.15, 0.2) is 73.4 Å². The molecule has 1 aliphatic rings. The molecule has 386 valence electrons. The van der Waals surface area contributed by atoms with E-state index in [1.54, 1.807) is 0 Å². The fraction of sp³-hybridized carbons (Fsp3) is 0.561. The number of amides is 2. The molecule has 2 aromatic rings. The van der Waals surface area contributed by atoms with Crippen LogP contribution >= 0.6 is 35.2 Å². The third-order valence-corrected chi connectivity index (χ3v) is 13.7. The van der Waals surface area contributed by atoms with Crippen LogP contribution in [-0.2, 0) is 50.7 Å². The molecule has 24 nitrogen and oxygen atoms in total. The minimum absolute atomic E-state index is 0.00790. The average Bonchev–Trinajstić information content (AvgIpc) is 3.84. The predicted molar refractivity (Wildman–Crippen MR) is 255 cm³/mol. The second-order valence-electron chi connectivity index (χ2n) is 15.9. The molecule has 0 bridgehead atoms. The van der Waals surface area contributed by atoms with Crippen LogP contribution in [-0.4, -0.2) is 123 Å². The Labute approximate surface area is 404 Å². The number of nitrogens with two attached hydrogens (primary N) is 1. The number of fused-ring (bicyclic) bond motifs is 1. The van der Waals surface area contributed by atoms with Crippen molar-refractivity contribution in [2.75, 3.05) is 37.8 Å². The first-order valence-electron chi connectivity index (χ1n) is 21.9. The molecule has 3 heterocycles. The number of phosphoric ester groups is 3. The number of unbranched alkanes of at least 4 members (excludes halogenated alkanes) is 1. The van der Waals surface area contributed by atoms with Crippen molar-refractivity contribution in [1.82, 2.24) is 30.2 Å². The number of imidazole rings is 1. The highest BCUT2D eigenvalue weighted by molar-refractivity contribution is 8.13. The molecule has 0 saturated carbocycles. The average molecular weight is 1050 g/mol. The van der Waals surface area contributed by atoms with E-state index >= 15 is 0 Å². The highest BCUT2D eigenvalue weighted by atomic mass is 32.2. The maximum Gasteiger partial charge on any atom is 0.481 e. The summed E-state index contributed by atoms with van der Waals surface area (Å²) in [6, 6.07) is 0. The topological polar surface area (TPSA) is 364 Å². The van der Waals surface area contributed by atoms with Crippen LogP contribution in [0.4, 0.5) is 5.82 Å². The molecule has 69 heavy (non-hydrogen) atoms. The fourth-order valence-electron chi connectivity index (χ4n) is 6.10. The number of carbonyl (C=O) groups is 3. The van der Waals surface area contributed by atoms with E-state index in [9.17, 15) is 57.9 Å². The molecule has 7 atom stereocenters. The number of ether oxygens (including phenoxy) is 1. The minimum Gasteiger partial charge on any atom is -0.386 e. The van der Waals surface area contributed by atoms with Gasteiger partial charge in [-0.1, -0.05) is 93.3 Å². The molecule has 0 radical (unpaired) electrons. The van der Waals surface area contributed by atoms with E-state index in [1.807, 2.05) is 0 Å². The second kappa shape index (κ2) is 29.6. The van der Waals surface area contributed by atoms with Gasteiger partial charge in [-0.05, 0) is 44.9 Å². The van der Waals surface area contributed by atoms with Gasteiger partial charge in [0.2, 0.25) is 11.8 Å². The van der Waals surface area contributed by atoms with Gasteiger partial charge in [0, 0.05) is 37.1 Å². The monoisotopic (exact) mass is 1050 g/mol. The molecular formula is C41H64N7O17P3S. The quantitative estimate of drug-likeness (QED) is 0.0275. The lowest BCUT2D eigenvalue weighted by Crippen LogP contribution is -2.46. The van der Waals surface area contributed by atoms with Crippen LogP contribution in [0.25, 0.3) is 11.2 Å².